The molecule has 0 saturated carbocycles. The third kappa shape index (κ3) is 2.02. The number of nitrogens with two attached hydrogens (primary N) is 1. The summed E-state index contributed by atoms with van der Waals surface area (Å²) in [5.41, 5.74) is 7.70. The zero-order valence-corrected chi connectivity index (χ0v) is 8.61. The van der Waals surface area contributed by atoms with E-state index in [2.05, 4.69) is 10.2 Å². The molecule has 0 aliphatic rings. The molecule has 14 heavy (non-hydrogen) atoms. The van der Waals surface area contributed by atoms with Crippen LogP contribution in [0.4, 0.5) is 10.1 Å². The summed E-state index contributed by atoms with van der Waals surface area (Å²) in [6.45, 7) is 0. The molecular formula is C8H6FN3S2. The molecule has 0 spiro atoms. The van der Waals surface area contributed by atoms with Gasteiger partial charge in [-0.3, -0.25) is 0 Å². The van der Waals surface area contributed by atoms with E-state index in [1.807, 2.05) is 0 Å². The zero-order chi connectivity index (χ0) is 9.97. The van der Waals surface area contributed by atoms with Gasteiger partial charge >= 0.3 is 0 Å². The Bertz CT molecular complexity index is 430. The molecule has 2 aromatic rings. The highest BCUT2D eigenvalue weighted by Gasteiger charge is 2.05. The average Bonchev–Trinajstić information content (AvgIpc) is 2.62. The predicted octanol–water partition coefficient (Wildman–Crippen LogP) is 2.41. The van der Waals surface area contributed by atoms with Gasteiger partial charge in [0, 0.05) is 10.6 Å². The second-order valence-corrected chi connectivity index (χ2v) is 4.61. The van der Waals surface area contributed by atoms with Crippen LogP contribution in [0, 0.1) is 5.82 Å². The van der Waals surface area contributed by atoms with Crippen LogP contribution in [0.3, 0.4) is 0 Å². The van der Waals surface area contributed by atoms with E-state index in [4.69, 9.17) is 5.73 Å². The van der Waals surface area contributed by atoms with Crippen LogP contribution in [0.15, 0.2) is 32.9 Å². The Labute approximate surface area is 88.2 Å². The lowest BCUT2D eigenvalue weighted by molar-refractivity contribution is 0.627. The molecule has 2 N–H and O–H groups in total. The second kappa shape index (κ2) is 3.93. The number of halogens is 1. The largest absolute Gasteiger partial charge is 0.398 e. The standard InChI is InChI=1S/C8H6FN3S2/c9-5-1-2-7(6(10)3-5)14-8-12-11-4-13-8/h1-4H,10H2. The van der Waals surface area contributed by atoms with Crippen LogP contribution in [0.25, 0.3) is 0 Å². The Balaban J connectivity index is 2.25. The van der Waals surface area contributed by atoms with Crippen molar-refractivity contribution in [2.45, 2.75) is 9.24 Å². The number of benzene rings is 1. The quantitative estimate of drug-likeness (QED) is 0.800. The molecule has 0 bridgehead atoms. The lowest BCUT2D eigenvalue weighted by atomic mass is 10.3. The number of aromatic nitrogens is 2. The molecule has 0 radical (unpaired) electrons. The van der Waals surface area contributed by atoms with Gasteiger partial charge in [0.1, 0.15) is 11.3 Å². The van der Waals surface area contributed by atoms with Crippen LogP contribution in [-0.4, -0.2) is 10.2 Å². The van der Waals surface area contributed by atoms with Gasteiger partial charge in [-0.2, -0.15) is 0 Å². The van der Waals surface area contributed by atoms with E-state index in [1.54, 1.807) is 11.6 Å². The third-order valence-electron chi connectivity index (χ3n) is 1.51. The molecule has 0 aliphatic heterocycles. The molecule has 0 unspecified atom stereocenters. The molecule has 0 aliphatic carbocycles. The summed E-state index contributed by atoms with van der Waals surface area (Å²) in [6, 6.07) is 4.31. The first-order valence-corrected chi connectivity index (χ1v) is 5.44. The SMILES string of the molecule is Nc1cc(F)ccc1Sc1nncs1. The monoisotopic (exact) mass is 227 g/mol. The Kier molecular flexibility index (Phi) is 2.64. The van der Waals surface area contributed by atoms with E-state index in [0.717, 1.165) is 9.24 Å². The van der Waals surface area contributed by atoms with Crippen molar-refractivity contribution in [1.82, 2.24) is 10.2 Å². The van der Waals surface area contributed by atoms with Gasteiger partial charge in [0.25, 0.3) is 0 Å². The number of nitrogens with zero attached hydrogens (tertiary/aromatic N) is 2. The number of hydrogen-bond acceptors (Lipinski definition) is 5. The molecule has 72 valence electrons. The zero-order valence-electron chi connectivity index (χ0n) is 6.98. The van der Waals surface area contributed by atoms with E-state index in [-0.39, 0.29) is 5.82 Å². The summed E-state index contributed by atoms with van der Waals surface area (Å²) in [5.74, 6) is -0.330. The Morgan fingerprint density at radius 3 is 2.93 bits per heavy atom. The van der Waals surface area contributed by atoms with Gasteiger partial charge in [-0.1, -0.05) is 23.1 Å². The number of hydrogen-bond donors (Lipinski definition) is 1. The van der Waals surface area contributed by atoms with E-state index in [9.17, 15) is 4.39 Å². The third-order valence-corrected chi connectivity index (χ3v) is 3.38. The molecule has 3 nitrogen and oxygen atoms in total. The maximum Gasteiger partial charge on any atom is 0.178 e. The lowest BCUT2D eigenvalue weighted by Crippen LogP contribution is -1.89. The van der Waals surface area contributed by atoms with Gasteiger partial charge in [-0.05, 0) is 18.2 Å². The Morgan fingerprint density at radius 1 is 1.43 bits per heavy atom. The highest BCUT2D eigenvalue weighted by Crippen LogP contribution is 2.32. The van der Waals surface area contributed by atoms with Crippen molar-refractivity contribution in [3.05, 3.63) is 29.5 Å². The minimum absolute atomic E-state index is 0.330. The molecule has 6 heteroatoms. The first-order valence-electron chi connectivity index (χ1n) is 3.75. The van der Waals surface area contributed by atoms with Gasteiger partial charge in [0.2, 0.25) is 0 Å². The van der Waals surface area contributed by atoms with E-state index >= 15 is 0 Å². The molecule has 0 saturated heterocycles. The van der Waals surface area contributed by atoms with E-state index in [1.165, 1.54) is 35.2 Å². The van der Waals surface area contributed by atoms with Crippen LogP contribution in [-0.2, 0) is 0 Å². The van der Waals surface area contributed by atoms with Crippen LogP contribution in [0.5, 0.6) is 0 Å². The predicted molar refractivity (Wildman–Crippen MR) is 54.8 cm³/mol. The van der Waals surface area contributed by atoms with Gasteiger partial charge in [-0.25, -0.2) is 4.39 Å². The molecule has 2 rings (SSSR count). The molecular weight excluding hydrogens is 221 g/mol. The fourth-order valence-corrected chi connectivity index (χ4v) is 2.37. The topological polar surface area (TPSA) is 51.8 Å². The first kappa shape index (κ1) is 9.42. The summed E-state index contributed by atoms with van der Waals surface area (Å²) in [4.78, 5) is 0.795. The maximum absolute atomic E-state index is 12.7. The minimum Gasteiger partial charge on any atom is -0.398 e. The van der Waals surface area contributed by atoms with Crippen molar-refractivity contribution in [3.63, 3.8) is 0 Å². The first-order chi connectivity index (χ1) is 6.75. The number of anilines is 1. The van der Waals surface area contributed by atoms with E-state index in [0.29, 0.717) is 5.69 Å². The van der Waals surface area contributed by atoms with Crippen molar-refractivity contribution in [2.24, 2.45) is 0 Å². The van der Waals surface area contributed by atoms with Crippen LogP contribution in [0.1, 0.15) is 0 Å². The summed E-state index contributed by atoms with van der Waals surface area (Å²) in [5, 5.41) is 7.56. The Hall–Kier alpha value is -1.14. The van der Waals surface area contributed by atoms with Crippen molar-refractivity contribution in [1.29, 1.82) is 0 Å². The van der Waals surface area contributed by atoms with Crippen molar-refractivity contribution < 1.29 is 4.39 Å². The molecule has 0 amide bonds. The van der Waals surface area contributed by atoms with Gasteiger partial charge in [-0.15, -0.1) is 10.2 Å². The normalized spacial score (nSPS) is 10.4. The number of nitrogen functional groups attached to an aromatic ring is 1. The second-order valence-electron chi connectivity index (χ2n) is 2.49. The van der Waals surface area contributed by atoms with Gasteiger partial charge in [0.05, 0.1) is 0 Å². The molecule has 0 atom stereocenters. The average molecular weight is 227 g/mol. The number of rotatable bonds is 2. The van der Waals surface area contributed by atoms with Crippen molar-refractivity contribution >= 4 is 28.8 Å². The smallest absolute Gasteiger partial charge is 0.178 e. The molecule has 1 aromatic carbocycles. The highest BCUT2D eigenvalue weighted by atomic mass is 32.2. The summed E-state index contributed by atoms with van der Waals surface area (Å²) in [6.07, 6.45) is 0. The van der Waals surface area contributed by atoms with Crippen molar-refractivity contribution in [2.75, 3.05) is 5.73 Å². The molecule has 1 aromatic heterocycles. The maximum atomic E-state index is 12.7. The van der Waals surface area contributed by atoms with Gasteiger partial charge in [0.15, 0.2) is 4.34 Å². The van der Waals surface area contributed by atoms with Crippen molar-refractivity contribution in [3.8, 4) is 0 Å². The molecule has 1 heterocycles. The summed E-state index contributed by atoms with van der Waals surface area (Å²) in [7, 11) is 0. The minimum atomic E-state index is -0.330. The summed E-state index contributed by atoms with van der Waals surface area (Å²) < 4.78 is 13.5. The van der Waals surface area contributed by atoms with E-state index < -0.39 is 0 Å². The van der Waals surface area contributed by atoms with Crippen LogP contribution in [0.2, 0.25) is 0 Å². The summed E-state index contributed by atoms with van der Waals surface area (Å²) >= 11 is 2.80. The highest BCUT2D eigenvalue weighted by molar-refractivity contribution is 8.01. The fourth-order valence-electron chi connectivity index (χ4n) is 0.914. The fraction of sp³-hybridized carbons (Fsp3) is 0. The van der Waals surface area contributed by atoms with Crippen LogP contribution >= 0.6 is 23.1 Å². The Morgan fingerprint density at radius 2 is 2.29 bits per heavy atom. The van der Waals surface area contributed by atoms with Gasteiger partial charge < -0.3 is 5.73 Å². The van der Waals surface area contributed by atoms with Crippen LogP contribution < -0.4 is 5.73 Å². The lowest BCUT2D eigenvalue weighted by Gasteiger charge is -2.01. The molecule has 0 fully saturated rings.